The zero-order chi connectivity index (χ0) is 19.3. The van der Waals surface area contributed by atoms with Crippen LogP contribution in [0.3, 0.4) is 0 Å². The summed E-state index contributed by atoms with van der Waals surface area (Å²) >= 11 is 2.17. The molecule has 5 nitrogen and oxygen atoms in total. The van der Waals surface area contributed by atoms with Crippen molar-refractivity contribution in [1.82, 2.24) is 10.2 Å². The van der Waals surface area contributed by atoms with Crippen LogP contribution in [0.4, 0.5) is 0 Å². The van der Waals surface area contributed by atoms with Crippen LogP contribution in [-0.4, -0.2) is 68.0 Å². The summed E-state index contributed by atoms with van der Waals surface area (Å²) in [6, 6.07) is 0. The van der Waals surface area contributed by atoms with Gasteiger partial charge in [-0.05, 0) is 31.6 Å². The highest BCUT2D eigenvalue weighted by atomic mass is 32.2. The average molecular weight is 404 g/mol. The molecule has 0 atom stereocenters. The van der Waals surface area contributed by atoms with Gasteiger partial charge in [0.1, 0.15) is 9.84 Å². The summed E-state index contributed by atoms with van der Waals surface area (Å²) in [7, 11) is -2.92. The Labute approximate surface area is 164 Å². The molecule has 0 unspecified atom stereocenters. The van der Waals surface area contributed by atoms with E-state index in [4.69, 9.17) is 4.99 Å². The molecule has 1 N–H and O–H groups in total. The Balaban J connectivity index is 2.03. The van der Waals surface area contributed by atoms with Crippen molar-refractivity contribution in [1.29, 1.82) is 0 Å². The molecule has 1 saturated carbocycles. The maximum absolute atomic E-state index is 11.5. The number of aliphatic imine (C=N–C) groups is 1. The third-order valence-electron chi connectivity index (χ3n) is 5.45. The number of guanidine groups is 1. The van der Waals surface area contributed by atoms with Crippen molar-refractivity contribution < 1.29 is 8.42 Å². The SMILES string of the molecule is CCNC(=NCC(C)(C)CCS(C)(=O)=O)N1CCSC2(CCCCC2)C1. The summed E-state index contributed by atoms with van der Waals surface area (Å²) in [5.74, 6) is 2.41. The molecule has 1 aliphatic heterocycles. The molecular formula is C19H37N3O2S2. The smallest absolute Gasteiger partial charge is 0.194 e. The fourth-order valence-electron chi connectivity index (χ4n) is 3.78. The van der Waals surface area contributed by atoms with Gasteiger partial charge in [0.15, 0.2) is 5.96 Å². The highest BCUT2D eigenvalue weighted by molar-refractivity contribution is 8.00. The predicted molar refractivity (Wildman–Crippen MR) is 114 cm³/mol. The second kappa shape index (κ2) is 9.18. The van der Waals surface area contributed by atoms with Gasteiger partial charge in [0.25, 0.3) is 0 Å². The van der Waals surface area contributed by atoms with Gasteiger partial charge in [-0.1, -0.05) is 33.1 Å². The molecule has 1 saturated heterocycles. The van der Waals surface area contributed by atoms with Crippen molar-refractivity contribution in [2.75, 3.05) is 43.9 Å². The van der Waals surface area contributed by atoms with Gasteiger partial charge >= 0.3 is 0 Å². The van der Waals surface area contributed by atoms with Gasteiger partial charge in [0, 0.05) is 42.9 Å². The van der Waals surface area contributed by atoms with Crippen molar-refractivity contribution in [3.63, 3.8) is 0 Å². The summed E-state index contributed by atoms with van der Waals surface area (Å²) in [6.07, 6.45) is 8.70. The van der Waals surface area contributed by atoms with Gasteiger partial charge in [0.05, 0.1) is 5.75 Å². The highest BCUT2D eigenvalue weighted by Crippen LogP contribution is 2.42. The Bertz CT molecular complexity index is 576. The van der Waals surface area contributed by atoms with Crippen molar-refractivity contribution >= 4 is 27.6 Å². The van der Waals surface area contributed by atoms with E-state index in [-0.39, 0.29) is 11.2 Å². The van der Waals surface area contributed by atoms with Crippen LogP contribution in [0.15, 0.2) is 4.99 Å². The van der Waals surface area contributed by atoms with E-state index < -0.39 is 9.84 Å². The monoisotopic (exact) mass is 403 g/mol. The van der Waals surface area contributed by atoms with Gasteiger partial charge in [-0.2, -0.15) is 11.8 Å². The Kier molecular flexibility index (Phi) is 7.72. The van der Waals surface area contributed by atoms with E-state index in [1.54, 1.807) is 0 Å². The molecule has 0 aromatic carbocycles. The molecule has 1 aliphatic carbocycles. The highest BCUT2D eigenvalue weighted by Gasteiger charge is 2.38. The minimum absolute atomic E-state index is 0.114. The van der Waals surface area contributed by atoms with Crippen LogP contribution in [-0.2, 0) is 9.84 Å². The molecule has 2 aliphatic rings. The van der Waals surface area contributed by atoms with E-state index in [2.05, 4.69) is 42.7 Å². The van der Waals surface area contributed by atoms with Crippen LogP contribution in [0.25, 0.3) is 0 Å². The molecule has 0 amide bonds. The van der Waals surface area contributed by atoms with Crippen LogP contribution in [0.2, 0.25) is 0 Å². The van der Waals surface area contributed by atoms with Gasteiger partial charge in [0.2, 0.25) is 0 Å². The van der Waals surface area contributed by atoms with Gasteiger partial charge < -0.3 is 10.2 Å². The van der Waals surface area contributed by atoms with E-state index >= 15 is 0 Å². The quantitative estimate of drug-likeness (QED) is 0.545. The van der Waals surface area contributed by atoms with Crippen molar-refractivity contribution in [3.8, 4) is 0 Å². The lowest BCUT2D eigenvalue weighted by Crippen LogP contribution is -2.53. The molecule has 0 bridgehead atoms. The Morgan fingerprint density at radius 2 is 1.96 bits per heavy atom. The first-order valence-electron chi connectivity index (χ1n) is 10.00. The topological polar surface area (TPSA) is 61.8 Å². The molecule has 0 aromatic heterocycles. The summed E-state index contributed by atoms with van der Waals surface area (Å²) in [4.78, 5) is 7.36. The zero-order valence-electron chi connectivity index (χ0n) is 17.0. The molecular weight excluding hydrogens is 366 g/mol. The van der Waals surface area contributed by atoms with Crippen LogP contribution >= 0.6 is 11.8 Å². The van der Waals surface area contributed by atoms with E-state index in [0.29, 0.717) is 17.7 Å². The van der Waals surface area contributed by atoms with Gasteiger partial charge in [-0.25, -0.2) is 8.42 Å². The van der Waals surface area contributed by atoms with Crippen molar-refractivity contribution in [3.05, 3.63) is 0 Å². The number of hydrogen-bond acceptors (Lipinski definition) is 4. The number of rotatable bonds is 6. The number of thioether (sulfide) groups is 1. The lowest BCUT2D eigenvalue weighted by atomic mass is 9.87. The van der Waals surface area contributed by atoms with Crippen LogP contribution in [0.5, 0.6) is 0 Å². The number of nitrogens with zero attached hydrogens (tertiary/aromatic N) is 2. The molecule has 152 valence electrons. The molecule has 0 radical (unpaired) electrons. The van der Waals surface area contributed by atoms with E-state index in [9.17, 15) is 8.42 Å². The van der Waals surface area contributed by atoms with Crippen LogP contribution in [0, 0.1) is 5.41 Å². The summed E-state index contributed by atoms with van der Waals surface area (Å²) < 4.78 is 23.4. The van der Waals surface area contributed by atoms with Crippen LogP contribution < -0.4 is 5.32 Å². The van der Waals surface area contributed by atoms with Crippen LogP contribution in [0.1, 0.15) is 59.3 Å². The fraction of sp³-hybridized carbons (Fsp3) is 0.947. The average Bonchev–Trinajstić information content (AvgIpc) is 2.57. The number of nitrogens with one attached hydrogen (secondary N) is 1. The molecule has 26 heavy (non-hydrogen) atoms. The normalized spacial score (nSPS) is 21.8. The number of sulfone groups is 1. The molecule has 7 heteroatoms. The standard InChI is InChI=1S/C19H37N3O2S2/c1-5-20-17(21-15-18(2,3)11-14-26(4,23)24)22-12-13-25-19(16-22)9-7-6-8-10-19/h5-16H2,1-4H3,(H,20,21). The molecule has 1 spiro atoms. The molecule has 1 heterocycles. The van der Waals surface area contributed by atoms with E-state index in [0.717, 1.165) is 25.6 Å². The van der Waals surface area contributed by atoms with Gasteiger partial charge in [-0.3, -0.25) is 4.99 Å². The largest absolute Gasteiger partial charge is 0.357 e. The fourth-order valence-corrected chi connectivity index (χ4v) is 6.27. The first kappa shape index (κ1) is 21.9. The van der Waals surface area contributed by atoms with E-state index in [1.165, 1.54) is 44.1 Å². The summed E-state index contributed by atoms with van der Waals surface area (Å²) in [5.41, 5.74) is -0.114. The van der Waals surface area contributed by atoms with Gasteiger partial charge in [-0.15, -0.1) is 0 Å². The first-order chi connectivity index (χ1) is 12.1. The minimum atomic E-state index is -2.92. The summed E-state index contributed by atoms with van der Waals surface area (Å²) in [5, 5.41) is 3.47. The predicted octanol–water partition coefficient (Wildman–Crippen LogP) is 3.16. The Morgan fingerprint density at radius 3 is 2.58 bits per heavy atom. The summed E-state index contributed by atoms with van der Waals surface area (Å²) in [6.45, 7) is 9.98. The lowest BCUT2D eigenvalue weighted by molar-refractivity contribution is 0.291. The molecule has 2 fully saturated rings. The molecule has 0 aromatic rings. The van der Waals surface area contributed by atoms with Crippen molar-refractivity contribution in [2.24, 2.45) is 10.4 Å². The minimum Gasteiger partial charge on any atom is -0.357 e. The second-order valence-electron chi connectivity index (χ2n) is 8.73. The Morgan fingerprint density at radius 1 is 1.27 bits per heavy atom. The van der Waals surface area contributed by atoms with Crippen molar-refractivity contribution in [2.45, 2.75) is 64.0 Å². The van der Waals surface area contributed by atoms with E-state index in [1.807, 2.05) is 0 Å². The number of hydrogen-bond donors (Lipinski definition) is 1. The second-order valence-corrected chi connectivity index (χ2v) is 12.6. The molecule has 2 rings (SSSR count). The Hall–Kier alpha value is -0.430. The third kappa shape index (κ3) is 6.95. The maximum atomic E-state index is 11.5. The maximum Gasteiger partial charge on any atom is 0.194 e. The lowest BCUT2D eigenvalue weighted by Gasteiger charge is -2.45. The zero-order valence-corrected chi connectivity index (χ0v) is 18.6. The first-order valence-corrected chi connectivity index (χ1v) is 13.0. The third-order valence-corrected chi connectivity index (χ3v) is 7.94.